The third-order valence-electron chi connectivity index (χ3n) is 2.83. The van der Waals surface area contributed by atoms with Crippen LogP contribution >= 0.6 is 0 Å². The average molecular weight is 262 g/mol. The van der Waals surface area contributed by atoms with Crippen molar-refractivity contribution in [2.24, 2.45) is 5.92 Å². The Balaban J connectivity index is -0.000000177. The van der Waals surface area contributed by atoms with Crippen molar-refractivity contribution in [3.63, 3.8) is 0 Å². The van der Waals surface area contributed by atoms with Gasteiger partial charge in [0.2, 0.25) is 0 Å². The predicted octanol–water partition coefficient (Wildman–Crippen LogP) is 4.78. The van der Waals surface area contributed by atoms with Crippen molar-refractivity contribution in [2.75, 3.05) is 13.7 Å². The highest BCUT2D eigenvalue weighted by Gasteiger charge is 1.95. The highest BCUT2D eigenvalue weighted by Crippen LogP contribution is 2.15. The minimum Gasteiger partial charge on any atom is -0.400 e. The van der Waals surface area contributed by atoms with Crippen LogP contribution in [0.1, 0.15) is 85.5 Å². The van der Waals surface area contributed by atoms with E-state index in [-0.39, 0.29) is 0 Å². The molecule has 0 spiro atoms. The molecule has 0 bridgehead atoms. The van der Waals surface area contributed by atoms with Gasteiger partial charge in [-0.05, 0) is 12.3 Å². The maximum absolute atomic E-state index is 8.07. The van der Waals surface area contributed by atoms with Gasteiger partial charge in [0.1, 0.15) is 0 Å². The van der Waals surface area contributed by atoms with E-state index in [1.165, 1.54) is 44.9 Å². The number of aliphatic hydroxyl groups is 2. The standard InChI is InChI=1S/C6H12.C5H12.C4H10O.CH4O/c1-2-4-6-5-3-1;1-4-5(2)3;1-2-3-4-5;1-2/h1-6H2;5H,4H2,1-3H3;5H,2-4H2,1H3;2H,1H3. The van der Waals surface area contributed by atoms with Crippen molar-refractivity contribution in [3.8, 4) is 0 Å². The van der Waals surface area contributed by atoms with Crippen LogP contribution in [0.5, 0.6) is 0 Å². The molecule has 0 atom stereocenters. The summed E-state index contributed by atoms with van der Waals surface area (Å²) < 4.78 is 0. The lowest BCUT2D eigenvalue weighted by Crippen LogP contribution is -1.85. The molecule has 1 fully saturated rings. The summed E-state index contributed by atoms with van der Waals surface area (Å²) in [7, 11) is 1.00. The second-order valence-corrected chi connectivity index (χ2v) is 5.00. The molecule has 0 aromatic heterocycles. The van der Waals surface area contributed by atoms with Gasteiger partial charge in [0, 0.05) is 13.7 Å². The van der Waals surface area contributed by atoms with Gasteiger partial charge in [0.25, 0.3) is 0 Å². The summed E-state index contributed by atoms with van der Waals surface area (Å²) in [6.45, 7) is 9.04. The normalized spacial score (nSPS) is 13.3. The van der Waals surface area contributed by atoms with Crippen LogP contribution in [0.25, 0.3) is 0 Å². The quantitative estimate of drug-likeness (QED) is 0.768. The zero-order valence-corrected chi connectivity index (χ0v) is 13.5. The zero-order chi connectivity index (χ0) is 14.6. The molecule has 2 heteroatoms. The van der Waals surface area contributed by atoms with Crippen molar-refractivity contribution in [2.45, 2.75) is 85.5 Å². The minimum absolute atomic E-state index is 0.344. The van der Waals surface area contributed by atoms with Gasteiger partial charge in [-0.2, -0.15) is 0 Å². The molecule has 2 nitrogen and oxygen atoms in total. The summed E-state index contributed by atoms with van der Waals surface area (Å²) >= 11 is 0. The number of hydrogen-bond acceptors (Lipinski definition) is 2. The van der Waals surface area contributed by atoms with Crippen LogP contribution in [-0.4, -0.2) is 23.9 Å². The van der Waals surface area contributed by atoms with Crippen LogP contribution in [0.2, 0.25) is 0 Å². The van der Waals surface area contributed by atoms with E-state index in [4.69, 9.17) is 10.2 Å². The molecule has 0 amide bonds. The second-order valence-electron chi connectivity index (χ2n) is 5.00. The van der Waals surface area contributed by atoms with Crippen LogP contribution in [0.3, 0.4) is 0 Å². The van der Waals surface area contributed by atoms with Gasteiger partial charge in [0.15, 0.2) is 0 Å². The Bertz CT molecular complexity index is 85.8. The highest BCUT2D eigenvalue weighted by atomic mass is 16.3. The number of unbranched alkanes of at least 4 members (excludes halogenated alkanes) is 1. The molecule has 0 radical (unpaired) electrons. The summed E-state index contributed by atoms with van der Waals surface area (Å²) in [5.41, 5.74) is 0. The van der Waals surface area contributed by atoms with Crippen LogP contribution in [0.4, 0.5) is 0 Å². The molecule has 0 aliphatic heterocycles. The van der Waals surface area contributed by atoms with Gasteiger partial charge in [0.05, 0.1) is 0 Å². The molecule has 2 N–H and O–H groups in total. The largest absolute Gasteiger partial charge is 0.400 e. The van der Waals surface area contributed by atoms with Gasteiger partial charge in [-0.1, -0.05) is 79.1 Å². The smallest absolute Gasteiger partial charge is 0.0430 e. The molecule has 18 heavy (non-hydrogen) atoms. The molecule has 114 valence electrons. The maximum atomic E-state index is 8.07. The van der Waals surface area contributed by atoms with Crippen LogP contribution in [-0.2, 0) is 0 Å². The van der Waals surface area contributed by atoms with Crippen molar-refractivity contribution in [1.29, 1.82) is 0 Å². The zero-order valence-electron chi connectivity index (χ0n) is 13.5. The highest BCUT2D eigenvalue weighted by molar-refractivity contribution is 4.51. The first kappa shape index (κ1) is 23.0. The number of hydrogen-bond donors (Lipinski definition) is 2. The molecule has 0 heterocycles. The monoisotopic (exact) mass is 262 g/mol. The molecule has 1 rings (SSSR count). The molecular weight excluding hydrogens is 224 g/mol. The van der Waals surface area contributed by atoms with Crippen molar-refractivity contribution >= 4 is 0 Å². The van der Waals surface area contributed by atoms with Gasteiger partial charge in [-0.3, -0.25) is 0 Å². The number of aliphatic hydroxyl groups excluding tert-OH is 2. The lowest BCUT2D eigenvalue weighted by Gasteiger charge is -2.05. The molecule has 0 aromatic carbocycles. The first-order valence-corrected chi connectivity index (χ1v) is 7.74. The summed E-state index contributed by atoms with van der Waals surface area (Å²) in [6, 6.07) is 0. The minimum atomic E-state index is 0.344. The van der Waals surface area contributed by atoms with Crippen LogP contribution < -0.4 is 0 Å². The van der Waals surface area contributed by atoms with E-state index in [1.807, 2.05) is 0 Å². The van der Waals surface area contributed by atoms with Crippen molar-refractivity contribution in [1.82, 2.24) is 0 Å². The van der Waals surface area contributed by atoms with E-state index >= 15 is 0 Å². The first-order valence-electron chi connectivity index (χ1n) is 7.74. The fraction of sp³-hybridized carbons (Fsp3) is 1.00. The summed E-state index contributed by atoms with van der Waals surface area (Å²) in [5.74, 6) is 0.884. The lowest BCUT2D eigenvalue weighted by molar-refractivity contribution is 0.287. The van der Waals surface area contributed by atoms with Gasteiger partial charge < -0.3 is 10.2 Å². The maximum Gasteiger partial charge on any atom is 0.0430 e. The van der Waals surface area contributed by atoms with Gasteiger partial charge >= 0.3 is 0 Å². The van der Waals surface area contributed by atoms with Crippen LogP contribution in [0.15, 0.2) is 0 Å². The summed E-state index contributed by atoms with van der Waals surface area (Å²) in [6.07, 6.45) is 12.3. The topological polar surface area (TPSA) is 40.5 Å². The summed E-state index contributed by atoms with van der Waals surface area (Å²) in [4.78, 5) is 0. The van der Waals surface area contributed by atoms with E-state index in [9.17, 15) is 0 Å². The molecule has 1 saturated carbocycles. The fourth-order valence-electron chi connectivity index (χ4n) is 1.22. The number of rotatable bonds is 3. The molecule has 1 aliphatic rings. The molecule has 1 aliphatic carbocycles. The Morgan fingerprint density at radius 2 is 1.11 bits per heavy atom. The van der Waals surface area contributed by atoms with E-state index in [2.05, 4.69) is 27.7 Å². The van der Waals surface area contributed by atoms with E-state index in [0.717, 1.165) is 25.9 Å². The van der Waals surface area contributed by atoms with Crippen molar-refractivity contribution in [3.05, 3.63) is 0 Å². The van der Waals surface area contributed by atoms with Crippen LogP contribution in [0, 0.1) is 5.92 Å². The lowest BCUT2D eigenvalue weighted by atomic mass is 10.0. The Morgan fingerprint density at radius 1 is 0.833 bits per heavy atom. The molecule has 0 unspecified atom stereocenters. The van der Waals surface area contributed by atoms with E-state index in [0.29, 0.717) is 6.61 Å². The Morgan fingerprint density at radius 3 is 1.17 bits per heavy atom. The van der Waals surface area contributed by atoms with E-state index in [1.54, 1.807) is 0 Å². The molecule has 0 aromatic rings. The average Bonchev–Trinajstić information content (AvgIpc) is 2.45. The molecular formula is C16H38O2. The van der Waals surface area contributed by atoms with Gasteiger partial charge in [-0.25, -0.2) is 0 Å². The predicted molar refractivity (Wildman–Crippen MR) is 83.0 cm³/mol. The SMILES string of the molecule is C1CCCCC1.CCC(C)C.CCCCO.CO. The molecule has 0 saturated heterocycles. The third-order valence-corrected chi connectivity index (χ3v) is 2.83. The fourth-order valence-corrected chi connectivity index (χ4v) is 1.22. The van der Waals surface area contributed by atoms with Crippen molar-refractivity contribution < 1.29 is 10.2 Å². The Kier molecular flexibility index (Phi) is 32.9. The third kappa shape index (κ3) is 36.0. The Labute approximate surface area is 116 Å². The summed E-state index contributed by atoms with van der Waals surface area (Å²) in [5, 5.41) is 15.1. The second kappa shape index (κ2) is 25.7. The Hall–Kier alpha value is -0.0800. The van der Waals surface area contributed by atoms with E-state index < -0.39 is 0 Å². The first-order chi connectivity index (χ1) is 8.68. The van der Waals surface area contributed by atoms with Gasteiger partial charge in [-0.15, -0.1) is 0 Å².